The molecule has 0 aliphatic heterocycles. The van der Waals surface area contributed by atoms with Crippen LogP contribution in [0.1, 0.15) is 60.3 Å². The fourth-order valence-electron chi connectivity index (χ4n) is 2.49. The van der Waals surface area contributed by atoms with Crippen LogP contribution in [-0.2, 0) is 0 Å². The maximum Gasteiger partial charge on any atom is 0.00817 e. The average Bonchev–Trinajstić information content (AvgIpc) is 2.36. The molecule has 0 spiro atoms. The summed E-state index contributed by atoms with van der Waals surface area (Å²) in [5, 5.41) is 3.66. The zero-order valence-electron chi connectivity index (χ0n) is 12.8. The third-order valence-corrected chi connectivity index (χ3v) is 3.95. The first-order valence-corrected chi connectivity index (χ1v) is 7.67. The van der Waals surface area contributed by atoms with E-state index in [4.69, 9.17) is 0 Å². The van der Waals surface area contributed by atoms with Crippen molar-refractivity contribution in [3.63, 3.8) is 0 Å². The van der Waals surface area contributed by atoms with Gasteiger partial charge < -0.3 is 10.2 Å². The molecule has 0 saturated carbocycles. The second-order valence-electron chi connectivity index (χ2n) is 4.99. The van der Waals surface area contributed by atoms with Gasteiger partial charge >= 0.3 is 0 Å². The summed E-state index contributed by atoms with van der Waals surface area (Å²) >= 11 is 0. The van der Waals surface area contributed by atoms with E-state index in [0.717, 1.165) is 12.5 Å². The molecule has 0 aromatic rings. The summed E-state index contributed by atoms with van der Waals surface area (Å²) in [5.41, 5.74) is 0. The first-order chi connectivity index (χ1) is 8.21. The lowest BCUT2D eigenvalue weighted by atomic mass is 9.93. The zero-order valence-corrected chi connectivity index (χ0v) is 12.8. The monoisotopic (exact) mass is 242 g/mol. The van der Waals surface area contributed by atoms with E-state index in [-0.39, 0.29) is 0 Å². The molecule has 0 aliphatic carbocycles. The van der Waals surface area contributed by atoms with E-state index in [1.54, 1.807) is 0 Å². The van der Waals surface area contributed by atoms with Crippen molar-refractivity contribution >= 4 is 0 Å². The lowest BCUT2D eigenvalue weighted by Gasteiger charge is -2.26. The third-order valence-electron chi connectivity index (χ3n) is 3.95. The second kappa shape index (κ2) is 11.0. The molecule has 1 atom stereocenters. The molecule has 0 radical (unpaired) electrons. The van der Waals surface area contributed by atoms with E-state index in [1.807, 2.05) is 0 Å². The Hall–Kier alpha value is -0.0800. The van der Waals surface area contributed by atoms with Crippen molar-refractivity contribution in [2.24, 2.45) is 5.92 Å². The predicted octanol–water partition coefficient (Wildman–Crippen LogP) is 3.52. The van der Waals surface area contributed by atoms with Crippen molar-refractivity contribution in [2.75, 3.05) is 26.2 Å². The highest BCUT2D eigenvalue weighted by Gasteiger charge is 2.14. The molecule has 1 unspecified atom stereocenters. The smallest absolute Gasteiger partial charge is 0.00817 e. The number of hydrogen-bond donors (Lipinski definition) is 1. The maximum absolute atomic E-state index is 3.66. The molecule has 0 bridgehead atoms. The minimum absolute atomic E-state index is 0.713. The molecule has 0 aromatic heterocycles. The SMILES string of the molecule is CCNC(CCN(CC)CC)CC(CC)CC. The minimum atomic E-state index is 0.713. The van der Waals surface area contributed by atoms with E-state index in [9.17, 15) is 0 Å². The van der Waals surface area contributed by atoms with Gasteiger partial charge in [0.1, 0.15) is 0 Å². The minimum Gasteiger partial charge on any atom is -0.314 e. The predicted molar refractivity (Wildman–Crippen MR) is 78.6 cm³/mol. The van der Waals surface area contributed by atoms with Crippen LogP contribution in [0.3, 0.4) is 0 Å². The van der Waals surface area contributed by atoms with Gasteiger partial charge in [0.05, 0.1) is 0 Å². The highest BCUT2D eigenvalue weighted by atomic mass is 15.1. The standard InChI is InChI=1S/C15H34N2/c1-6-14(7-2)13-15(16-8-3)11-12-17(9-4)10-5/h14-16H,6-13H2,1-5H3. The fourth-order valence-corrected chi connectivity index (χ4v) is 2.49. The molecule has 1 N–H and O–H groups in total. The summed E-state index contributed by atoms with van der Waals surface area (Å²) in [6.45, 7) is 16.1. The van der Waals surface area contributed by atoms with Gasteiger partial charge in [0.2, 0.25) is 0 Å². The zero-order chi connectivity index (χ0) is 13.1. The molecule has 0 aromatic carbocycles. The van der Waals surface area contributed by atoms with Crippen LogP contribution in [0.5, 0.6) is 0 Å². The Labute approximate surface area is 109 Å². The fraction of sp³-hybridized carbons (Fsp3) is 1.00. The number of rotatable bonds is 11. The summed E-state index contributed by atoms with van der Waals surface area (Å²) in [5.74, 6) is 0.899. The van der Waals surface area contributed by atoms with Gasteiger partial charge in [0.15, 0.2) is 0 Å². The van der Waals surface area contributed by atoms with Crippen LogP contribution in [0.2, 0.25) is 0 Å². The molecule has 2 heteroatoms. The van der Waals surface area contributed by atoms with Crippen LogP contribution >= 0.6 is 0 Å². The van der Waals surface area contributed by atoms with E-state index in [0.29, 0.717) is 6.04 Å². The molecule has 0 aliphatic rings. The van der Waals surface area contributed by atoms with Gasteiger partial charge in [-0.3, -0.25) is 0 Å². The summed E-state index contributed by atoms with van der Waals surface area (Å²) < 4.78 is 0. The van der Waals surface area contributed by atoms with Gasteiger partial charge in [-0.1, -0.05) is 47.5 Å². The molecule has 0 amide bonds. The Morgan fingerprint density at radius 3 is 1.94 bits per heavy atom. The summed E-state index contributed by atoms with van der Waals surface area (Å²) in [7, 11) is 0. The molecular weight excluding hydrogens is 208 g/mol. The van der Waals surface area contributed by atoms with Crippen molar-refractivity contribution < 1.29 is 0 Å². The van der Waals surface area contributed by atoms with E-state index >= 15 is 0 Å². The topological polar surface area (TPSA) is 15.3 Å². The van der Waals surface area contributed by atoms with Gasteiger partial charge in [-0.25, -0.2) is 0 Å². The largest absolute Gasteiger partial charge is 0.314 e. The first kappa shape index (κ1) is 16.9. The molecule has 17 heavy (non-hydrogen) atoms. The lowest BCUT2D eigenvalue weighted by molar-refractivity contribution is 0.264. The summed E-state index contributed by atoms with van der Waals surface area (Å²) in [6.07, 6.45) is 5.29. The Morgan fingerprint density at radius 1 is 0.941 bits per heavy atom. The van der Waals surface area contributed by atoms with Gasteiger partial charge in [-0.2, -0.15) is 0 Å². The van der Waals surface area contributed by atoms with Crippen LogP contribution in [0, 0.1) is 5.92 Å². The maximum atomic E-state index is 3.66. The Kier molecular flexibility index (Phi) is 11.0. The van der Waals surface area contributed by atoms with Crippen LogP contribution in [0.25, 0.3) is 0 Å². The third kappa shape index (κ3) is 7.77. The van der Waals surface area contributed by atoms with Crippen molar-refractivity contribution in [3.8, 4) is 0 Å². The van der Waals surface area contributed by atoms with Gasteiger partial charge in [0.25, 0.3) is 0 Å². The highest BCUT2D eigenvalue weighted by molar-refractivity contribution is 4.72. The van der Waals surface area contributed by atoms with E-state index in [2.05, 4.69) is 44.8 Å². The number of nitrogens with zero attached hydrogens (tertiary/aromatic N) is 1. The Bertz CT molecular complexity index is 151. The summed E-state index contributed by atoms with van der Waals surface area (Å²) in [6, 6.07) is 0.713. The van der Waals surface area contributed by atoms with E-state index in [1.165, 1.54) is 45.3 Å². The number of nitrogens with one attached hydrogen (secondary N) is 1. The van der Waals surface area contributed by atoms with Crippen molar-refractivity contribution in [3.05, 3.63) is 0 Å². The molecule has 0 saturated heterocycles. The van der Waals surface area contributed by atoms with Crippen molar-refractivity contribution in [1.29, 1.82) is 0 Å². The van der Waals surface area contributed by atoms with Crippen molar-refractivity contribution in [1.82, 2.24) is 10.2 Å². The summed E-state index contributed by atoms with van der Waals surface area (Å²) in [4.78, 5) is 2.53. The van der Waals surface area contributed by atoms with Crippen LogP contribution in [0.4, 0.5) is 0 Å². The highest BCUT2D eigenvalue weighted by Crippen LogP contribution is 2.16. The van der Waals surface area contributed by atoms with Gasteiger partial charge in [-0.05, 0) is 44.9 Å². The molecular formula is C15H34N2. The molecule has 0 fully saturated rings. The molecule has 2 nitrogen and oxygen atoms in total. The lowest BCUT2D eigenvalue weighted by Crippen LogP contribution is -2.35. The Morgan fingerprint density at radius 2 is 1.53 bits per heavy atom. The van der Waals surface area contributed by atoms with Crippen LogP contribution < -0.4 is 5.32 Å². The molecule has 0 heterocycles. The average molecular weight is 242 g/mol. The van der Waals surface area contributed by atoms with Gasteiger partial charge in [0, 0.05) is 6.04 Å². The second-order valence-corrected chi connectivity index (χ2v) is 4.99. The van der Waals surface area contributed by atoms with Crippen LogP contribution in [0.15, 0.2) is 0 Å². The molecule has 104 valence electrons. The number of hydrogen-bond acceptors (Lipinski definition) is 2. The van der Waals surface area contributed by atoms with Gasteiger partial charge in [-0.15, -0.1) is 0 Å². The van der Waals surface area contributed by atoms with Crippen LogP contribution in [-0.4, -0.2) is 37.1 Å². The van der Waals surface area contributed by atoms with E-state index < -0.39 is 0 Å². The normalized spacial score (nSPS) is 13.6. The Balaban J connectivity index is 4.04. The molecule has 0 rings (SSSR count). The van der Waals surface area contributed by atoms with Crippen molar-refractivity contribution in [2.45, 2.75) is 66.3 Å². The quantitative estimate of drug-likeness (QED) is 0.596. The first-order valence-electron chi connectivity index (χ1n) is 7.67.